The topological polar surface area (TPSA) is 81.7 Å². The van der Waals surface area contributed by atoms with Gasteiger partial charge in [0.2, 0.25) is 0 Å². The Balaban J connectivity index is 1.99. The average Bonchev–Trinajstić information content (AvgIpc) is 2.60. The molecule has 0 radical (unpaired) electrons. The number of esters is 2. The van der Waals surface area contributed by atoms with Crippen molar-refractivity contribution in [3.05, 3.63) is 63.2 Å². The fourth-order valence-corrected chi connectivity index (χ4v) is 2.51. The quantitative estimate of drug-likeness (QED) is 0.573. The Hall–Kier alpha value is -2.42. The van der Waals surface area contributed by atoms with E-state index in [-0.39, 0.29) is 5.56 Å². The minimum absolute atomic E-state index is 0.220. The summed E-state index contributed by atoms with van der Waals surface area (Å²) in [5.74, 6) is -1.70. The number of amides is 1. The van der Waals surface area contributed by atoms with Crippen molar-refractivity contribution in [2.45, 2.75) is 0 Å². The van der Waals surface area contributed by atoms with Gasteiger partial charge >= 0.3 is 11.9 Å². The molecule has 0 heterocycles. The van der Waals surface area contributed by atoms with Crippen molar-refractivity contribution in [3.63, 3.8) is 0 Å². The fraction of sp³-hybridized carbons (Fsp3) is 0.118. The summed E-state index contributed by atoms with van der Waals surface area (Å²) in [5, 5.41) is 2.53. The van der Waals surface area contributed by atoms with Gasteiger partial charge in [-0.3, -0.25) is 4.79 Å². The Morgan fingerprint density at radius 1 is 0.958 bits per heavy atom. The van der Waals surface area contributed by atoms with Crippen molar-refractivity contribution < 1.29 is 23.9 Å². The summed E-state index contributed by atoms with van der Waals surface area (Å²) < 4.78 is 10.4. The highest BCUT2D eigenvalue weighted by Gasteiger charge is 2.16. The Morgan fingerprint density at radius 2 is 1.58 bits per heavy atom. The molecule has 1 amide bonds. The van der Waals surface area contributed by atoms with Gasteiger partial charge in [0, 0.05) is 3.57 Å². The van der Waals surface area contributed by atoms with Crippen molar-refractivity contribution in [2.24, 2.45) is 0 Å². The molecule has 2 aromatic rings. The molecule has 0 atom stereocenters. The SMILES string of the molecule is COC(=O)c1ccccc1NC(=O)COC(=O)c1ccccc1I. The molecule has 0 aromatic heterocycles. The van der Waals surface area contributed by atoms with Crippen molar-refractivity contribution in [1.82, 2.24) is 0 Å². The van der Waals surface area contributed by atoms with Crippen LogP contribution in [0.2, 0.25) is 0 Å². The highest BCUT2D eigenvalue weighted by atomic mass is 127. The number of rotatable bonds is 5. The van der Waals surface area contributed by atoms with E-state index in [9.17, 15) is 14.4 Å². The minimum Gasteiger partial charge on any atom is -0.465 e. The lowest BCUT2D eigenvalue weighted by Gasteiger charge is -2.10. The third-order valence-corrected chi connectivity index (χ3v) is 3.98. The summed E-state index contributed by atoms with van der Waals surface area (Å²) in [6.07, 6.45) is 0. The first-order valence-electron chi connectivity index (χ1n) is 6.91. The maximum absolute atomic E-state index is 12.0. The molecule has 24 heavy (non-hydrogen) atoms. The minimum atomic E-state index is -0.587. The molecule has 0 saturated heterocycles. The van der Waals surface area contributed by atoms with E-state index in [0.717, 1.165) is 3.57 Å². The predicted octanol–water partition coefficient (Wildman–Crippen LogP) is 2.87. The van der Waals surface area contributed by atoms with Crippen molar-refractivity contribution >= 4 is 46.1 Å². The lowest BCUT2D eigenvalue weighted by molar-refractivity contribution is -0.119. The summed E-state index contributed by atoms with van der Waals surface area (Å²) in [5.41, 5.74) is 0.901. The fourth-order valence-electron chi connectivity index (χ4n) is 1.90. The largest absolute Gasteiger partial charge is 0.465 e. The highest BCUT2D eigenvalue weighted by Crippen LogP contribution is 2.16. The van der Waals surface area contributed by atoms with Crippen LogP contribution in [0.4, 0.5) is 5.69 Å². The Morgan fingerprint density at radius 3 is 2.25 bits per heavy atom. The maximum Gasteiger partial charge on any atom is 0.339 e. The predicted molar refractivity (Wildman–Crippen MR) is 95.9 cm³/mol. The summed E-state index contributed by atoms with van der Waals surface area (Å²) in [7, 11) is 1.25. The normalized spacial score (nSPS) is 9.92. The molecule has 0 aliphatic heterocycles. The van der Waals surface area contributed by atoms with Crippen LogP contribution in [-0.4, -0.2) is 31.6 Å². The zero-order chi connectivity index (χ0) is 17.5. The third-order valence-electron chi connectivity index (χ3n) is 3.03. The van der Waals surface area contributed by atoms with Crippen LogP contribution in [0.15, 0.2) is 48.5 Å². The summed E-state index contributed by atoms with van der Waals surface area (Å²) in [6.45, 7) is -0.459. The first-order valence-corrected chi connectivity index (χ1v) is 7.99. The first kappa shape index (κ1) is 17.9. The van der Waals surface area contributed by atoms with Gasteiger partial charge in [-0.1, -0.05) is 24.3 Å². The van der Waals surface area contributed by atoms with Gasteiger partial charge in [-0.25, -0.2) is 9.59 Å². The van der Waals surface area contributed by atoms with E-state index in [4.69, 9.17) is 4.74 Å². The summed E-state index contributed by atoms with van der Waals surface area (Å²) >= 11 is 2.01. The van der Waals surface area contributed by atoms with Crippen LogP contribution in [-0.2, 0) is 14.3 Å². The van der Waals surface area contributed by atoms with Crippen LogP contribution in [0.1, 0.15) is 20.7 Å². The van der Waals surface area contributed by atoms with Crippen LogP contribution in [0.25, 0.3) is 0 Å². The second-order valence-corrected chi connectivity index (χ2v) is 5.80. The number of ether oxygens (including phenoxy) is 2. The number of nitrogens with one attached hydrogen (secondary N) is 1. The second-order valence-electron chi connectivity index (χ2n) is 4.64. The number of hydrogen-bond acceptors (Lipinski definition) is 5. The number of methoxy groups -OCH3 is 1. The molecule has 0 unspecified atom stereocenters. The zero-order valence-electron chi connectivity index (χ0n) is 12.7. The standard InChI is InChI=1S/C17H14INO5/c1-23-16(21)12-7-3-5-9-14(12)19-15(20)10-24-17(22)11-6-2-4-8-13(11)18/h2-9H,10H2,1H3,(H,19,20). The van der Waals surface area contributed by atoms with Crippen molar-refractivity contribution in [2.75, 3.05) is 19.0 Å². The number of benzene rings is 2. The first-order chi connectivity index (χ1) is 11.5. The average molecular weight is 439 g/mol. The monoisotopic (exact) mass is 439 g/mol. The molecule has 0 spiro atoms. The summed E-state index contributed by atoms with van der Waals surface area (Å²) in [6, 6.07) is 13.3. The Labute approximate surface area is 152 Å². The number of para-hydroxylation sites is 1. The van der Waals surface area contributed by atoms with Gasteiger partial charge in [-0.05, 0) is 46.9 Å². The van der Waals surface area contributed by atoms with Gasteiger partial charge in [0.15, 0.2) is 6.61 Å². The van der Waals surface area contributed by atoms with E-state index in [0.29, 0.717) is 11.3 Å². The van der Waals surface area contributed by atoms with Gasteiger partial charge in [-0.15, -0.1) is 0 Å². The third kappa shape index (κ3) is 4.54. The van der Waals surface area contributed by atoms with E-state index < -0.39 is 24.5 Å². The number of halogens is 1. The van der Waals surface area contributed by atoms with Crippen LogP contribution in [0, 0.1) is 3.57 Å². The molecule has 7 heteroatoms. The highest BCUT2D eigenvalue weighted by molar-refractivity contribution is 14.1. The number of anilines is 1. The lowest BCUT2D eigenvalue weighted by atomic mass is 10.2. The van der Waals surface area contributed by atoms with E-state index in [2.05, 4.69) is 10.1 Å². The number of carbonyl (C=O) groups excluding carboxylic acids is 3. The zero-order valence-corrected chi connectivity index (χ0v) is 14.9. The van der Waals surface area contributed by atoms with E-state index in [1.807, 2.05) is 22.6 Å². The van der Waals surface area contributed by atoms with Crippen LogP contribution in [0.5, 0.6) is 0 Å². The van der Waals surface area contributed by atoms with Crippen LogP contribution in [0.3, 0.4) is 0 Å². The molecule has 0 saturated carbocycles. The molecule has 6 nitrogen and oxygen atoms in total. The molecule has 0 bridgehead atoms. The molecule has 124 valence electrons. The molecule has 2 rings (SSSR count). The molecular weight excluding hydrogens is 425 g/mol. The van der Waals surface area contributed by atoms with Gasteiger partial charge in [0.25, 0.3) is 5.91 Å². The number of hydrogen-bond donors (Lipinski definition) is 1. The van der Waals surface area contributed by atoms with E-state index in [1.165, 1.54) is 13.2 Å². The van der Waals surface area contributed by atoms with E-state index in [1.54, 1.807) is 42.5 Å². The molecule has 0 fully saturated rings. The van der Waals surface area contributed by atoms with Crippen molar-refractivity contribution in [3.8, 4) is 0 Å². The van der Waals surface area contributed by atoms with Gasteiger partial charge < -0.3 is 14.8 Å². The Kier molecular flexibility index (Phi) is 6.30. The van der Waals surface area contributed by atoms with E-state index >= 15 is 0 Å². The molecule has 1 N–H and O–H groups in total. The van der Waals surface area contributed by atoms with Crippen LogP contribution < -0.4 is 5.32 Å². The molecular formula is C17H14INO5. The molecule has 0 aliphatic rings. The van der Waals surface area contributed by atoms with Crippen molar-refractivity contribution in [1.29, 1.82) is 0 Å². The van der Waals surface area contributed by atoms with Gasteiger partial charge in [0.05, 0.1) is 23.9 Å². The van der Waals surface area contributed by atoms with Gasteiger partial charge in [-0.2, -0.15) is 0 Å². The number of carbonyl (C=O) groups is 3. The molecule has 2 aromatic carbocycles. The second kappa shape index (κ2) is 8.44. The summed E-state index contributed by atoms with van der Waals surface area (Å²) in [4.78, 5) is 35.6. The smallest absolute Gasteiger partial charge is 0.339 e. The Bertz CT molecular complexity index is 775. The van der Waals surface area contributed by atoms with Gasteiger partial charge in [0.1, 0.15) is 0 Å². The van der Waals surface area contributed by atoms with Crippen LogP contribution >= 0.6 is 22.6 Å². The molecule has 0 aliphatic carbocycles. The lowest BCUT2D eigenvalue weighted by Crippen LogP contribution is -2.22. The maximum atomic E-state index is 12.0.